The van der Waals surface area contributed by atoms with Crippen molar-refractivity contribution in [3.8, 4) is 0 Å². The van der Waals surface area contributed by atoms with Crippen LogP contribution in [0.25, 0.3) is 0 Å². The van der Waals surface area contributed by atoms with E-state index >= 15 is 0 Å². The highest BCUT2D eigenvalue weighted by Crippen LogP contribution is 2.31. The topological polar surface area (TPSA) is 72.9 Å². The molecule has 1 fully saturated rings. The van der Waals surface area contributed by atoms with Gasteiger partial charge in [0.2, 0.25) is 5.91 Å². The first-order valence-electron chi connectivity index (χ1n) is 11.0. The Hall–Kier alpha value is -3.78. The van der Waals surface area contributed by atoms with Crippen LogP contribution in [0.3, 0.4) is 0 Å². The molecule has 0 spiro atoms. The molecule has 8 heteroatoms. The molecule has 176 valence electrons. The number of aromatic carboxylic acids is 1. The monoisotopic (exact) mass is 465 g/mol. The molecule has 3 aromatic rings. The zero-order valence-corrected chi connectivity index (χ0v) is 18.7. The van der Waals surface area contributed by atoms with E-state index in [1.54, 1.807) is 42.5 Å². The molecule has 0 aromatic heterocycles. The van der Waals surface area contributed by atoms with Crippen LogP contribution in [0.15, 0.2) is 66.7 Å². The van der Waals surface area contributed by atoms with Gasteiger partial charge in [0.25, 0.3) is 0 Å². The first kappa shape index (κ1) is 23.4. The fourth-order valence-electron chi connectivity index (χ4n) is 4.35. The average molecular weight is 466 g/mol. The van der Waals surface area contributed by atoms with Gasteiger partial charge in [0.05, 0.1) is 17.3 Å². The van der Waals surface area contributed by atoms with Gasteiger partial charge in [-0.05, 0) is 53.6 Å². The molecule has 1 aliphatic heterocycles. The molecule has 1 aliphatic rings. The fraction of sp³-hybridized carbons (Fsp3) is 0.231. The lowest BCUT2D eigenvalue weighted by molar-refractivity contribution is -0.114. The van der Waals surface area contributed by atoms with E-state index in [9.17, 15) is 23.5 Å². The van der Waals surface area contributed by atoms with Gasteiger partial charge in [-0.1, -0.05) is 24.3 Å². The Morgan fingerprint density at radius 2 is 1.38 bits per heavy atom. The van der Waals surface area contributed by atoms with Crippen molar-refractivity contribution < 1.29 is 23.5 Å². The number of hydrogen-bond donors (Lipinski definition) is 2. The first-order valence-corrected chi connectivity index (χ1v) is 11.0. The second-order valence-corrected chi connectivity index (χ2v) is 8.24. The van der Waals surface area contributed by atoms with E-state index in [1.165, 1.54) is 31.2 Å². The Labute approximate surface area is 196 Å². The standard InChI is InChI=1S/C26H25F2N3O3/c1-17(32)29-24-11-10-22(16-23(24)26(33)34)30-12-14-31(15-13-30)25(18-2-6-20(27)7-3-18)19-4-8-21(28)9-5-19/h2-11,16,25H,12-15H2,1H3,(H,29,32)(H,33,34). The molecule has 2 N–H and O–H groups in total. The molecule has 1 heterocycles. The lowest BCUT2D eigenvalue weighted by Crippen LogP contribution is -2.48. The highest BCUT2D eigenvalue weighted by molar-refractivity contribution is 6.00. The second-order valence-electron chi connectivity index (χ2n) is 8.24. The molecule has 34 heavy (non-hydrogen) atoms. The van der Waals surface area contributed by atoms with Gasteiger partial charge in [0.15, 0.2) is 0 Å². The van der Waals surface area contributed by atoms with Gasteiger partial charge in [-0.25, -0.2) is 13.6 Å². The molecule has 3 aromatic carbocycles. The molecule has 4 rings (SSSR count). The van der Waals surface area contributed by atoms with Crippen LogP contribution in [0, 0.1) is 11.6 Å². The van der Waals surface area contributed by atoms with Crippen LogP contribution in [0.4, 0.5) is 20.2 Å². The minimum Gasteiger partial charge on any atom is -0.478 e. The third kappa shape index (κ3) is 5.23. The Balaban J connectivity index is 1.55. The summed E-state index contributed by atoms with van der Waals surface area (Å²) in [4.78, 5) is 27.4. The minimum atomic E-state index is -1.11. The number of piperazine rings is 1. The molecule has 1 saturated heterocycles. The van der Waals surface area contributed by atoms with E-state index in [1.807, 2.05) is 0 Å². The Morgan fingerprint density at radius 3 is 1.85 bits per heavy atom. The maximum absolute atomic E-state index is 13.5. The molecular weight excluding hydrogens is 440 g/mol. The fourth-order valence-corrected chi connectivity index (χ4v) is 4.35. The van der Waals surface area contributed by atoms with Gasteiger partial charge >= 0.3 is 5.97 Å². The first-order chi connectivity index (χ1) is 16.3. The smallest absolute Gasteiger partial charge is 0.337 e. The average Bonchev–Trinajstić information content (AvgIpc) is 2.82. The highest BCUT2D eigenvalue weighted by atomic mass is 19.1. The number of halogens is 2. The number of carboxylic acid groups (broad SMARTS) is 1. The number of nitrogens with one attached hydrogen (secondary N) is 1. The summed E-state index contributed by atoms with van der Waals surface area (Å²) < 4.78 is 27.1. The number of carboxylic acids is 1. The molecule has 0 radical (unpaired) electrons. The number of hydrogen-bond acceptors (Lipinski definition) is 4. The Morgan fingerprint density at radius 1 is 0.853 bits per heavy atom. The maximum atomic E-state index is 13.5. The van der Waals surface area contributed by atoms with Crippen molar-refractivity contribution in [2.24, 2.45) is 0 Å². The van der Waals surface area contributed by atoms with Crippen LogP contribution in [-0.2, 0) is 4.79 Å². The quantitative estimate of drug-likeness (QED) is 0.560. The number of nitrogens with zero attached hydrogens (tertiary/aromatic N) is 2. The number of rotatable bonds is 6. The summed E-state index contributed by atoms with van der Waals surface area (Å²) in [6.07, 6.45) is 0. The van der Waals surface area contributed by atoms with Crippen molar-refractivity contribution in [3.05, 3.63) is 95.1 Å². The van der Waals surface area contributed by atoms with E-state index in [0.717, 1.165) is 16.8 Å². The van der Waals surface area contributed by atoms with Crippen LogP contribution in [-0.4, -0.2) is 48.1 Å². The van der Waals surface area contributed by atoms with Crippen molar-refractivity contribution in [2.75, 3.05) is 36.4 Å². The summed E-state index contributed by atoms with van der Waals surface area (Å²) in [6.45, 7) is 3.93. The van der Waals surface area contributed by atoms with Crippen molar-refractivity contribution in [2.45, 2.75) is 13.0 Å². The largest absolute Gasteiger partial charge is 0.478 e. The number of benzene rings is 3. The Kier molecular flexibility index (Phi) is 6.88. The minimum absolute atomic E-state index is 0.0330. The molecular formula is C26H25F2N3O3. The summed E-state index contributed by atoms with van der Waals surface area (Å²) in [5.41, 5.74) is 2.87. The third-order valence-corrected chi connectivity index (χ3v) is 5.96. The summed E-state index contributed by atoms with van der Waals surface area (Å²) in [7, 11) is 0. The molecule has 0 bridgehead atoms. The maximum Gasteiger partial charge on any atom is 0.337 e. The summed E-state index contributed by atoms with van der Waals surface area (Å²) >= 11 is 0. The van der Waals surface area contributed by atoms with Crippen LogP contribution in [0.1, 0.15) is 34.5 Å². The van der Waals surface area contributed by atoms with Crippen LogP contribution in [0.5, 0.6) is 0 Å². The zero-order valence-electron chi connectivity index (χ0n) is 18.7. The van der Waals surface area contributed by atoms with Gasteiger partial charge in [-0.15, -0.1) is 0 Å². The SMILES string of the molecule is CC(=O)Nc1ccc(N2CCN(C(c3ccc(F)cc3)c3ccc(F)cc3)CC2)cc1C(=O)O. The van der Waals surface area contributed by atoms with Gasteiger partial charge in [0, 0.05) is 38.8 Å². The molecule has 0 unspecified atom stereocenters. The van der Waals surface area contributed by atoms with E-state index in [4.69, 9.17) is 0 Å². The van der Waals surface area contributed by atoms with Gasteiger partial charge < -0.3 is 15.3 Å². The predicted octanol–water partition coefficient (Wildman–Crippen LogP) is 4.53. The molecule has 0 saturated carbocycles. The lowest BCUT2D eigenvalue weighted by Gasteiger charge is -2.40. The third-order valence-electron chi connectivity index (χ3n) is 5.96. The number of anilines is 2. The normalized spacial score (nSPS) is 14.3. The predicted molar refractivity (Wildman–Crippen MR) is 126 cm³/mol. The van der Waals surface area contributed by atoms with Gasteiger partial charge in [-0.3, -0.25) is 9.69 Å². The van der Waals surface area contributed by atoms with Crippen molar-refractivity contribution in [3.63, 3.8) is 0 Å². The van der Waals surface area contributed by atoms with E-state index in [0.29, 0.717) is 26.2 Å². The molecule has 6 nitrogen and oxygen atoms in total. The van der Waals surface area contributed by atoms with Gasteiger partial charge in [-0.2, -0.15) is 0 Å². The number of carbonyl (C=O) groups is 2. The number of carbonyl (C=O) groups excluding carboxylic acids is 1. The highest BCUT2D eigenvalue weighted by Gasteiger charge is 2.27. The summed E-state index contributed by atoms with van der Waals surface area (Å²) in [6, 6.07) is 17.5. The van der Waals surface area contributed by atoms with Crippen LogP contribution in [0.2, 0.25) is 0 Å². The number of amides is 1. The van der Waals surface area contributed by atoms with Crippen molar-refractivity contribution in [1.82, 2.24) is 4.90 Å². The van der Waals surface area contributed by atoms with E-state index in [-0.39, 0.29) is 34.8 Å². The second kappa shape index (κ2) is 10.0. The Bertz CT molecular complexity index is 1130. The van der Waals surface area contributed by atoms with E-state index in [2.05, 4.69) is 15.1 Å². The van der Waals surface area contributed by atoms with Gasteiger partial charge in [0.1, 0.15) is 11.6 Å². The van der Waals surface area contributed by atoms with Crippen LogP contribution >= 0.6 is 0 Å². The van der Waals surface area contributed by atoms with Crippen LogP contribution < -0.4 is 10.2 Å². The lowest BCUT2D eigenvalue weighted by atomic mass is 9.96. The molecule has 0 aliphatic carbocycles. The van der Waals surface area contributed by atoms with Crippen molar-refractivity contribution in [1.29, 1.82) is 0 Å². The van der Waals surface area contributed by atoms with E-state index < -0.39 is 5.97 Å². The zero-order chi connectivity index (χ0) is 24.2. The summed E-state index contributed by atoms with van der Waals surface area (Å²) in [5.74, 6) is -2.08. The summed E-state index contributed by atoms with van der Waals surface area (Å²) in [5, 5.41) is 12.1. The molecule has 0 atom stereocenters. The van der Waals surface area contributed by atoms with Crippen molar-refractivity contribution >= 4 is 23.3 Å². The molecule has 1 amide bonds.